The van der Waals surface area contributed by atoms with Crippen LogP contribution in [0.2, 0.25) is 0 Å². The van der Waals surface area contributed by atoms with Crippen molar-refractivity contribution in [3.05, 3.63) is 53.8 Å². The molecule has 0 aliphatic rings. The van der Waals surface area contributed by atoms with Crippen molar-refractivity contribution >= 4 is 23.8 Å². The van der Waals surface area contributed by atoms with Crippen LogP contribution in [0, 0.1) is 5.82 Å². The maximum atomic E-state index is 12.8. The van der Waals surface area contributed by atoms with Crippen LogP contribution < -0.4 is 25.5 Å². The summed E-state index contributed by atoms with van der Waals surface area (Å²) >= 11 is 0. The minimum absolute atomic E-state index is 0.281. The summed E-state index contributed by atoms with van der Waals surface area (Å²) in [5, 5.41) is 8.64. The third kappa shape index (κ3) is 6.31. The molecule has 2 aromatic rings. The number of carbonyl (C=O) groups is 2. The summed E-state index contributed by atoms with van der Waals surface area (Å²) < 4.78 is 23.1. The highest BCUT2D eigenvalue weighted by Crippen LogP contribution is 2.26. The number of amides is 3. The number of nitrogens with one attached hydrogen (secondary N) is 3. The second-order valence-corrected chi connectivity index (χ2v) is 5.22. The Morgan fingerprint density at radius 1 is 1.07 bits per heavy atom. The molecule has 0 fully saturated rings. The Bertz CT molecular complexity index is 825. The van der Waals surface area contributed by atoms with Crippen molar-refractivity contribution in [3.8, 4) is 11.5 Å². The van der Waals surface area contributed by atoms with Gasteiger partial charge < -0.3 is 20.1 Å². The molecule has 0 aromatic heterocycles. The summed E-state index contributed by atoms with van der Waals surface area (Å²) in [6.45, 7) is -0.281. The number of carbonyl (C=O) groups excluding carboxylic acids is 2. The first-order valence-corrected chi connectivity index (χ1v) is 7.86. The Morgan fingerprint density at radius 2 is 1.78 bits per heavy atom. The fourth-order valence-corrected chi connectivity index (χ4v) is 2.02. The van der Waals surface area contributed by atoms with Crippen LogP contribution in [0.5, 0.6) is 11.5 Å². The van der Waals surface area contributed by atoms with E-state index in [0.717, 1.165) is 0 Å². The first-order chi connectivity index (χ1) is 13.0. The molecule has 0 heterocycles. The van der Waals surface area contributed by atoms with E-state index in [0.29, 0.717) is 22.7 Å². The molecule has 0 bridgehead atoms. The molecule has 0 aliphatic heterocycles. The molecule has 0 atom stereocenters. The van der Waals surface area contributed by atoms with Gasteiger partial charge in [0.2, 0.25) is 0 Å². The van der Waals surface area contributed by atoms with E-state index in [1.165, 1.54) is 44.7 Å². The topological polar surface area (TPSA) is 101 Å². The monoisotopic (exact) mass is 374 g/mol. The standard InChI is InChI=1S/C18H19FN4O4/c1-26-15-8-3-12(9-16(15)27-2)10-21-23-17(24)11-20-18(25)22-14-6-4-13(19)5-7-14/h3-10H,11H2,1-2H3,(H,23,24)(H2,20,22,25)/b21-10+. The first kappa shape index (κ1) is 19.7. The van der Waals surface area contributed by atoms with Crippen molar-refractivity contribution in [2.24, 2.45) is 5.10 Å². The lowest BCUT2D eigenvalue weighted by Gasteiger charge is -2.07. The van der Waals surface area contributed by atoms with Crippen molar-refractivity contribution in [2.75, 3.05) is 26.1 Å². The molecular formula is C18H19FN4O4. The van der Waals surface area contributed by atoms with Crippen LogP contribution in [0.1, 0.15) is 5.56 Å². The molecule has 9 heteroatoms. The van der Waals surface area contributed by atoms with Gasteiger partial charge in [-0.15, -0.1) is 0 Å². The van der Waals surface area contributed by atoms with Gasteiger partial charge in [-0.25, -0.2) is 14.6 Å². The lowest BCUT2D eigenvalue weighted by atomic mass is 10.2. The van der Waals surface area contributed by atoms with Gasteiger partial charge in [0.1, 0.15) is 12.4 Å². The van der Waals surface area contributed by atoms with E-state index in [2.05, 4.69) is 21.2 Å². The minimum atomic E-state index is -0.597. The van der Waals surface area contributed by atoms with Crippen LogP contribution in [0.3, 0.4) is 0 Å². The summed E-state index contributed by atoms with van der Waals surface area (Å²) in [4.78, 5) is 23.4. The van der Waals surface area contributed by atoms with Crippen LogP contribution in [0.4, 0.5) is 14.9 Å². The summed E-state index contributed by atoms with van der Waals surface area (Å²) in [5.41, 5.74) is 3.38. The molecule has 8 nitrogen and oxygen atoms in total. The molecule has 27 heavy (non-hydrogen) atoms. The zero-order valence-electron chi connectivity index (χ0n) is 14.8. The van der Waals surface area contributed by atoms with Gasteiger partial charge >= 0.3 is 6.03 Å². The molecule has 0 radical (unpaired) electrons. The second kappa shape index (κ2) is 9.76. The lowest BCUT2D eigenvalue weighted by Crippen LogP contribution is -2.37. The average Bonchev–Trinajstić information content (AvgIpc) is 2.68. The Labute approximate surface area is 155 Å². The number of urea groups is 1. The normalized spacial score (nSPS) is 10.3. The Kier molecular flexibility index (Phi) is 7.12. The van der Waals surface area contributed by atoms with Crippen LogP contribution in [-0.4, -0.2) is 38.9 Å². The summed E-state index contributed by atoms with van der Waals surface area (Å²) in [7, 11) is 3.05. The van der Waals surface area contributed by atoms with Gasteiger partial charge in [0.25, 0.3) is 5.91 Å². The van der Waals surface area contributed by atoms with Crippen LogP contribution in [-0.2, 0) is 4.79 Å². The number of hydrogen-bond acceptors (Lipinski definition) is 5. The Balaban J connectivity index is 1.77. The summed E-state index contributed by atoms with van der Waals surface area (Å²) in [6, 6.07) is 9.79. The van der Waals surface area contributed by atoms with E-state index in [1.807, 2.05) is 0 Å². The highest BCUT2D eigenvalue weighted by molar-refractivity contribution is 5.92. The number of ether oxygens (including phenoxy) is 2. The first-order valence-electron chi connectivity index (χ1n) is 7.86. The zero-order valence-corrected chi connectivity index (χ0v) is 14.8. The van der Waals surface area contributed by atoms with Crippen molar-refractivity contribution < 1.29 is 23.5 Å². The molecular weight excluding hydrogens is 355 g/mol. The van der Waals surface area contributed by atoms with Crippen LogP contribution >= 0.6 is 0 Å². The van der Waals surface area contributed by atoms with Crippen molar-refractivity contribution in [3.63, 3.8) is 0 Å². The number of hydrogen-bond donors (Lipinski definition) is 3. The van der Waals surface area contributed by atoms with E-state index < -0.39 is 17.8 Å². The van der Waals surface area contributed by atoms with Crippen molar-refractivity contribution in [1.82, 2.24) is 10.7 Å². The number of halogens is 1. The van der Waals surface area contributed by atoms with E-state index in [4.69, 9.17) is 9.47 Å². The maximum absolute atomic E-state index is 12.8. The van der Waals surface area contributed by atoms with Gasteiger partial charge in [-0.3, -0.25) is 4.79 Å². The number of rotatable bonds is 7. The molecule has 0 spiro atoms. The van der Waals surface area contributed by atoms with Gasteiger partial charge in [0, 0.05) is 5.69 Å². The largest absolute Gasteiger partial charge is 0.493 e. The summed E-state index contributed by atoms with van der Waals surface area (Å²) in [6.07, 6.45) is 1.43. The highest BCUT2D eigenvalue weighted by atomic mass is 19.1. The van der Waals surface area contributed by atoms with Gasteiger partial charge in [-0.2, -0.15) is 5.10 Å². The van der Waals surface area contributed by atoms with Gasteiger partial charge in [-0.1, -0.05) is 0 Å². The molecule has 0 saturated heterocycles. The van der Waals surface area contributed by atoms with Crippen molar-refractivity contribution in [2.45, 2.75) is 0 Å². The highest BCUT2D eigenvalue weighted by Gasteiger charge is 2.06. The van der Waals surface area contributed by atoms with E-state index in [1.54, 1.807) is 18.2 Å². The molecule has 3 N–H and O–H groups in total. The third-order valence-corrected chi connectivity index (χ3v) is 3.32. The van der Waals surface area contributed by atoms with E-state index >= 15 is 0 Å². The molecule has 2 aromatic carbocycles. The number of hydrazone groups is 1. The average molecular weight is 374 g/mol. The second-order valence-electron chi connectivity index (χ2n) is 5.22. The smallest absolute Gasteiger partial charge is 0.319 e. The minimum Gasteiger partial charge on any atom is -0.493 e. The van der Waals surface area contributed by atoms with E-state index in [9.17, 15) is 14.0 Å². The van der Waals surface area contributed by atoms with Gasteiger partial charge in [-0.05, 0) is 48.0 Å². The Morgan fingerprint density at radius 3 is 2.44 bits per heavy atom. The fraction of sp³-hybridized carbons (Fsp3) is 0.167. The predicted molar refractivity (Wildman–Crippen MR) is 98.7 cm³/mol. The van der Waals surface area contributed by atoms with Crippen LogP contribution in [0.15, 0.2) is 47.6 Å². The number of nitrogens with zero attached hydrogens (tertiary/aromatic N) is 1. The van der Waals surface area contributed by atoms with Gasteiger partial charge in [0.05, 0.1) is 20.4 Å². The fourth-order valence-electron chi connectivity index (χ4n) is 2.02. The van der Waals surface area contributed by atoms with Crippen molar-refractivity contribution in [1.29, 1.82) is 0 Å². The molecule has 0 aliphatic carbocycles. The SMILES string of the molecule is COc1ccc(/C=N/NC(=O)CNC(=O)Nc2ccc(F)cc2)cc1OC. The Hall–Kier alpha value is -3.62. The predicted octanol–water partition coefficient (Wildman–Crippen LogP) is 2.11. The zero-order chi connectivity index (χ0) is 19.6. The maximum Gasteiger partial charge on any atom is 0.319 e. The van der Waals surface area contributed by atoms with Gasteiger partial charge in [0.15, 0.2) is 11.5 Å². The molecule has 0 unspecified atom stereocenters. The van der Waals surface area contributed by atoms with E-state index in [-0.39, 0.29) is 6.54 Å². The lowest BCUT2D eigenvalue weighted by molar-refractivity contribution is -0.120. The number of benzene rings is 2. The quantitative estimate of drug-likeness (QED) is 0.510. The van der Waals surface area contributed by atoms with Crippen LogP contribution in [0.25, 0.3) is 0 Å². The molecule has 0 saturated carbocycles. The molecule has 2 rings (SSSR count). The number of methoxy groups -OCH3 is 2. The molecule has 142 valence electrons. The summed E-state index contributed by atoms with van der Waals surface area (Å²) in [5.74, 6) is 0.190. The number of anilines is 1. The molecule has 3 amide bonds. The third-order valence-electron chi connectivity index (χ3n) is 3.32.